The number of carbonyl (C=O) groups excluding carboxylic acids is 2. The average Bonchev–Trinajstić information content (AvgIpc) is 2.57. The highest BCUT2D eigenvalue weighted by atomic mass is 35.5. The first-order valence-electron chi connectivity index (χ1n) is 7.62. The third-order valence-corrected chi connectivity index (χ3v) is 4.38. The van der Waals surface area contributed by atoms with Crippen molar-refractivity contribution in [3.05, 3.63) is 69.7 Å². The van der Waals surface area contributed by atoms with Crippen LogP contribution in [0.25, 0.3) is 0 Å². The maximum absolute atomic E-state index is 12.7. The van der Waals surface area contributed by atoms with E-state index in [1.54, 1.807) is 24.3 Å². The van der Waals surface area contributed by atoms with E-state index < -0.39 is 12.0 Å². The smallest absolute Gasteiger partial charge is 0.307 e. The van der Waals surface area contributed by atoms with Gasteiger partial charge in [-0.2, -0.15) is 0 Å². The van der Waals surface area contributed by atoms with Gasteiger partial charge in [-0.15, -0.1) is 0 Å². The molecular weight excluding hydrogens is 326 g/mol. The monoisotopic (exact) mass is 345 g/mol. The number of carbonyl (C=O) groups is 2. The molecule has 0 unspecified atom stereocenters. The molecule has 1 N–H and O–H groups in total. The van der Waals surface area contributed by atoms with Crippen molar-refractivity contribution in [1.29, 1.82) is 0 Å². The number of aryl methyl sites for hydroxylation is 1. The lowest BCUT2D eigenvalue weighted by Crippen LogP contribution is -2.31. The largest absolute Gasteiger partial charge is 0.469 e. The number of amides is 1. The predicted molar refractivity (Wildman–Crippen MR) is 94.2 cm³/mol. The maximum atomic E-state index is 12.7. The zero-order valence-electron chi connectivity index (χ0n) is 13.9. The van der Waals surface area contributed by atoms with Crippen LogP contribution in [-0.2, 0) is 9.53 Å². The van der Waals surface area contributed by atoms with E-state index in [0.29, 0.717) is 16.1 Å². The van der Waals surface area contributed by atoms with Gasteiger partial charge in [-0.25, -0.2) is 0 Å². The first-order chi connectivity index (χ1) is 11.4. The lowest BCUT2D eigenvalue weighted by molar-refractivity contribution is -0.141. The number of benzene rings is 2. The molecule has 1 atom stereocenters. The molecule has 0 aromatic heterocycles. The van der Waals surface area contributed by atoms with Crippen molar-refractivity contribution in [2.24, 2.45) is 0 Å². The number of halogens is 1. The number of methoxy groups -OCH3 is 1. The Kier molecular flexibility index (Phi) is 5.99. The Balaban J connectivity index is 2.31. The van der Waals surface area contributed by atoms with Gasteiger partial charge in [-0.05, 0) is 42.7 Å². The summed E-state index contributed by atoms with van der Waals surface area (Å²) in [7, 11) is 1.32. The third-order valence-electron chi connectivity index (χ3n) is 4.03. The van der Waals surface area contributed by atoms with Crippen molar-refractivity contribution >= 4 is 23.5 Å². The Morgan fingerprint density at radius 1 is 1.12 bits per heavy atom. The van der Waals surface area contributed by atoms with E-state index in [1.807, 2.05) is 32.0 Å². The molecule has 2 aromatic rings. The van der Waals surface area contributed by atoms with Gasteiger partial charge in [0, 0.05) is 10.6 Å². The van der Waals surface area contributed by atoms with Crippen LogP contribution in [0, 0.1) is 13.8 Å². The Morgan fingerprint density at radius 2 is 1.83 bits per heavy atom. The van der Waals surface area contributed by atoms with Crippen LogP contribution >= 0.6 is 11.6 Å². The fourth-order valence-corrected chi connectivity index (χ4v) is 2.75. The van der Waals surface area contributed by atoms with Crippen molar-refractivity contribution in [3.63, 3.8) is 0 Å². The third kappa shape index (κ3) is 4.15. The minimum absolute atomic E-state index is 0.0108. The first kappa shape index (κ1) is 18.0. The number of hydrogen-bond donors (Lipinski definition) is 1. The number of esters is 1. The fraction of sp³-hybridized carbons (Fsp3) is 0.263. The number of hydrogen-bond acceptors (Lipinski definition) is 3. The zero-order chi connectivity index (χ0) is 17.7. The van der Waals surface area contributed by atoms with Crippen LogP contribution in [0.1, 0.15) is 39.5 Å². The molecule has 0 aliphatic carbocycles. The lowest BCUT2D eigenvalue weighted by atomic mass is 10.00. The van der Waals surface area contributed by atoms with Gasteiger partial charge in [-0.3, -0.25) is 9.59 Å². The molecule has 0 saturated carbocycles. The molecule has 0 bridgehead atoms. The lowest BCUT2D eigenvalue weighted by Gasteiger charge is -2.20. The molecule has 0 fully saturated rings. The molecular formula is C19H20ClNO3. The van der Waals surface area contributed by atoms with Crippen LogP contribution in [0.5, 0.6) is 0 Å². The van der Waals surface area contributed by atoms with Crippen LogP contribution < -0.4 is 5.32 Å². The Morgan fingerprint density at radius 3 is 2.50 bits per heavy atom. The minimum atomic E-state index is -0.557. The number of ether oxygens (including phenoxy) is 1. The van der Waals surface area contributed by atoms with Crippen molar-refractivity contribution < 1.29 is 14.3 Å². The van der Waals surface area contributed by atoms with E-state index in [9.17, 15) is 9.59 Å². The molecule has 0 saturated heterocycles. The van der Waals surface area contributed by atoms with Crippen LogP contribution in [-0.4, -0.2) is 19.0 Å². The van der Waals surface area contributed by atoms with E-state index in [1.165, 1.54) is 7.11 Å². The highest BCUT2D eigenvalue weighted by molar-refractivity contribution is 6.31. The molecule has 4 nitrogen and oxygen atoms in total. The Hall–Kier alpha value is -2.33. The second-order valence-corrected chi connectivity index (χ2v) is 5.98. The quantitative estimate of drug-likeness (QED) is 0.833. The molecule has 2 rings (SSSR count). The number of rotatable bonds is 5. The summed E-state index contributed by atoms with van der Waals surface area (Å²) in [6.45, 7) is 3.85. The minimum Gasteiger partial charge on any atom is -0.469 e. The maximum Gasteiger partial charge on any atom is 0.307 e. The summed E-state index contributed by atoms with van der Waals surface area (Å²) >= 11 is 6.23. The van der Waals surface area contributed by atoms with E-state index in [-0.39, 0.29) is 12.3 Å². The van der Waals surface area contributed by atoms with E-state index in [4.69, 9.17) is 16.3 Å². The van der Waals surface area contributed by atoms with Gasteiger partial charge < -0.3 is 10.1 Å². The second kappa shape index (κ2) is 7.97. The van der Waals surface area contributed by atoms with E-state index >= 15 is 0 Å². The van der Waals surface area contributed by atoms with Crippen LogP contribution in [0.4, 0.5) is 0 Å². The van der Waals surface area contributed by atoms with Crippen molar-refractivity contribution in [3.8, 4) is 0 Å². The summed E-state index contributed by atoms with van der Waals surface area (Å²) < 4.78 is 4.74. The summed E-state index contributed by atoms with van der Waals surface area (Å²) in [5, 5.41) is 3.39. The molecule has 126 valence electrons. The summed E-state index contributed by atoms with van der Waals surface area (Å²) in [6, 6.07) is 12.1. The number of nitrogens with one attached hydrogen (secondary N) is 1. The van der Waals surface area contributed by atoms with E-state index in [0.717, 1.165) is 11.1 Å². The van der Waals surface area contributed by atoms with Gasteiger partial charge in [0.1, 0.15) is 0 Å². The van der Waals surface area contributed by atoms with Crippen molar-refractivity contribution in [1.82, 2.24) is 5.32 Å². The Bertz CT molecular complexity index is 758. The highest BCUT2D eigenvalue weighted by Crippen LogP contribution is 2.26. The van der Waals surface area contributed by atoms with Crippen LogP contribution in [0.3, 0.4) is 0 Å². The normalized spacial score (nSPS) is 11.7. The van der Waals surface area contributed by atoms with Crippen molar-refractivity contribution in [2.45, 2.75) is 26.3 Å². The summed E-state index contributed by atoms with van der Waals surface area (Å²) in [5.41, 5.74) is 3.20. The van der Waals surface area contributed by atoms with Gasteiger partial charge in [0.05, 0.1) is 19.6 Å². The summed E-state index contributed by atoms with van der Waals surface area (Å²) in [4.78, 5) is 24.4. The predicted octanol–water partition coefficient (Wildman–Crippen LogP) is 3.99. The molecule has 0 radical (unpaired) electrons. The molecule has 24 heavy (non-hydrogen) atoms. The van der Waals surface area contributed by atoms with Crippen LogP contribution in [0.15, 0.2) is 42.5 Å². The van der Waals surface area contributed by atoms with Gasteiger partial charge in [-0.1, -0.05) is 41.9 Å². The molecule has 2 aromatic carbocycles. The van der Waals surface area contributed by atoms with Crippen LogP contribution in [0.2, 0.25) is 5.02 Å². The Labute approximate surface area is 146 Å². The average molecular weight is 346 g/mol. The molecule has 0 heterocycles. The highest BCUT2D eigenvalue weighted by Gasteiger charge is 2.22. The SMILES string of the molecule is COC(=O)C[C@H](NC(=O)c1cccc(C)c1C)c1ccccc1Cl. The standard InChI is InChI=1S/C19H20ClNO3/c1-12-7-6-9-14(13(12)2)19(23)21-17(11-18(22)24-3)15-8-4-5-10-16(15)20/h4-10,17H,11H2,1-3H3,(H,21,23)/t17-/m0/s1. The summed E-state index contributed by atoms with van der Waals surface area (Å²) in [5.74, 6) is -0.661. The van der Waals surface area contributed by atoms with Gasteiger partial charge >= 0.3 is 5.97 Å². The first-order valence-corrected chi connectivity index (χ1v) is 8.00. The fourth-order valence-electron chi connectivity index (χ4n) is 2.48. The van der Waals surface area contributed by atoms with Gasteiger partial charge in [0.15, 0.2) is 0 Å². The topological polar surface area (TPSA) is 55.4 Å². The molecule has 0 spiro atoms. The molecule has 0 aliphatic rings. The molecule has 0 aliphatic heterocycles. The summed E-state index contributed by atoms with van der Waals surface area (Å²) in [6.07, 6.45) is 0.0108. The van der Waals surface area contributed by atoms with Crippen molar-refractivity contribution in [2.75, 3.05) is 7.11 Å². The molecule has 5 heteroatoms. The van der Waals surface area contributed by atoms with E-state index in [2.05, 4.69) is 5.32 Å². The zero-order valence-corrected chi connectivity index (χ0v) is 14.7. The van der Waals surface area contributed by atoms with Gasteiger partial charge in [0.2, 0.25) is 0 Å². The second-order valence-electron chi connectivity index (χ2n) is 5.58. The van der Waals surface area contributed by atoms with Gasteiger partial charge in [0.25, 0.3) is 5.91 Å². The molecule has 1 amide bonds.